The van der Waals surface area contributed by atoms with E-state index in [1.54, 1.807) is 0 Å². The Morgan fingerprint density at radius 3 is 2.12 bits per heavy atom. The van der Waals surface area contributed by atoms with E-state index < -0.39 is 0 Å². The highest BCUT2D eigenvalue weighted by molar-refractivity contribution is 6.30. The van der Waals surface area contributed by atoms with Crippen LogP contribution >= 0.6 is 11.6 Å². The molecule has 0 aromatic heterocycles. The maximum atomic E-state index is 13.0. The molecule has 2 aromatic carbocycles. The quantitative estimate of drug-likeness (QED) is 0.723. The van der Waals surface area contributed by atoms with Crippen molar-refractivity contribution < 1.29 is 4.79 Å². The predicted octanol–water partition coefficient (Wildman–Crippen LogP) is 6.02. The second-order valence-electron chi connectivity index (χ2n) is 7.56. The standard InChI is InChI=1S/C21H26ClNO/c1-14(2)19(15-10-12-16(22)13-11-15)20(24)23-18-9-7-6-8-17(18)21(3,4)5/h6-14,19H,1-5H3,(H,23,24)/t19-/m1/s1. The van der Waals surface area contributed by atoms with Crippen molar-refractivity contribution in [1.82, 2.24) is 0 Å². The van der Waals surface area contributed by atoms with Gasteiger partial charge in [-0.1, -0.05) is 76.6 Å². The maximum Gasteiger partial charge on any atom is 0.232 e. The Morgan fingerprint density at radius 2 is 1.58 bits per heavy atom. The lowest BCUT2D eigenvalue weighted by molar-refractivity contribution is -0.118. The molecule has 2 rings (SSSR count). The predicted molar refractivity (Wildman–Crippen MR) is 103 cm³/mol. The molecule has 0 spiro atoms. The van der Waals surface area contributed by atoms with Gasteiger partial charge in [0.1, 0.15) is 0 Å². The fraction of sp³-hybridized carbons (Fsp3) is 0.381. The monoisotopic (exact) mass is 343 g/mol. The maximum absolute atomic E-state index is 13.0. The summed E-state index contributed by atoms with van der Waals surface area (Å²) < 4.78 is 0. The lowest BCUT2D eigenvalue weighted by atomic mass is 9.84. The van der Waals surface area contributed by atoms with Gasteiger partial charge in [0.25, 0.3) is 0 Å². The van der Waals surface area contributed by atoms with Crippen LogP contribution in [-0.2, 0) is 10.2 Å². The van der Waals surface area contributed by atoms with Crippen molar-refractivity contribution in [2.24, 2.45) is 5.92 Å². The van der Waals surface area contributed by atoms with Crippen LogP contribution < -0.4 is 5.32 Å². The van der Waals surface area contributed by atoms with Crippen molar-refractivity contribution in [1.29, 1.82) is 0 Å². The zero-order chi connectivity index (χ0) is 17.9. The first-order chi connectivity index (χ1) is 11.2. The first kappa shape index (κ1) is 18.5. The molecule has 0 radical (unpaired) electrons. The molecule has 2 aromatic rings. The molecule has 0 heterocycles. The van der Waals surface area contributed by atoms with Gasteiger partial charge in [0.15, 0.2) is 0 Å². The molecule has 0 aliphatic carbocycles. The third-order valence-corrected chi connectivity index (χ3v) is 4.42. The molecule has 0 aliphatic heterocycles. The van der Waals surface area contributed by atoms with Crippen molar-refractivity contribution in [3.8, 4) is 0 Å². The van der Waals surface area contributed by atoms with Gasteiger partial charge in [0.05, 0.1) is 5.92 Å². The minimum Gasteiger partial charge on any atom is -0.325 e. The van der Waals surface area contributed by atoms with E-state index in [1.165, 1.54) is 0 Å². The highest BCUT2D eigenvalue weighted by Gasteiger charge is 2.26. The van der Waals surface area contributed by atoms with Crippen LogP contribution in [0.3, 0.4) is 0 Å². The van der Waals surface area contributed by atoms with Crippen LogP contribution in [0.1, 0.15) is 51.7 Å². The number of hydrogen-bond donors (Lipinski definition) is 1. The van der Waals surface area contributed by atoms with E-state index in [-0.39, 0.29) is 23.2 Å². The molecule has 1 atom stereocenters. The van der Waals surface area contributed by atoms with Gasteiger partial charge in [0, 0.05) is 10.7 Å². The minimum atomic E-state index is -0.213. The molecule has 0 aliphatic rings. The van der Waals surface area contributed by atoms with E-state index in [1.807, 2.05) is 42.5 Å². The fourth-order valence-corrected chi connectivity index (χ4v) is 3.09. The van der Waals surface area contributed by atoms with E-state index in [9.17, 15) is 4.79 Å². The zero-order valence-electron chi connectivity index (χ0n) is 15.1. The van der Waals surface area contributed by atoms with Crippen LogP contribution in [0.5, 0.6) is 0 Å². The number of nitrogens with one attached hydrogen (secondary N) is 1. The van der Waals surface area contributed by atoms with E-state index in [0.717, 1.165) is 16.8 Å². The minimum absolute atomic E-state index is 0.0176. The molecule has 3 heteroatoms. The van der Waals surface area contributed by atoms with Gasteiger partial charge in [-0.3, -0.25) is 4.79 Å². The SMILES string of the molecule is CC(C)[C@@H](C(=O)Nc1ccccc1C(C)(C)C)c1ccc(Cl)cc1. The number of para-hydroxylation sites is 1. The average Bonchev–Trinajstić information content (AvgIpc) is 2.48. The topological polar surface area (TPSA) is 29.1 Å². The Bertz CT molecular complexity index is 699. The molecule has 0 saturated heterocycles. The lowest BCUT2D eigenvalue weighted by Gasteiger charge is -2.25. The number of rotatable bonds is 4. The number of benzene rings is 2. The van der Waals surface area contributed by atoms with E-state index in [4.69, 9.17) is 11.6 Å². The molecule has 24 heavy (non-hydrogen) atoms. The summed E-state index contributed by atoms with van der Waals surface area (Å²) in [5.74, 6) is -0.00714. The Kier molecular flexibility index (Phi) is 5.71. The fourth-order valence-electron chi connectivity index (χ4n) is 2.97. The van der Waals surface area contributed by atoms with E-state index in [0.29, 0.717) is 5.02 Å². The Labute approximate surface area is 150 Å². The van der Waals surface area contributed by atoms with Gasteiger partial charge >= 0.3 is 0 Å². The first-order valence-corrected chi connectivity index (χ1v) is 8.74. The summed E-state index contributed by atoms with van der Waals surface area (Å²) in [6.07, 6.45) is 0. The number of carbonyl (C=O) groups excluding carboxylic acids is 1. The third kappa shape index (κ3) is 4.39. The molecule has 2 nitrogen and oxygen atoms in total. The molecule has 128 valence electrons. The summed E-state index contributed by atoms with van der Waals surface area (Å²) in [5, 5.41) is 3.82. The van der Waals surface area contributed by atoms with Gasteiger partial charge in [-0.2, -0.15) is 0 Å². The summed E-state index contributed by atoms with van der Waals surface area (Å²) in [6, 6.07) is 15.5. The molecule has 1 N–H and O–H groups in total. The van der Waals surface area contributed by atoms with Gasteiger partial charge in [-0.25, -0.2) is 0 Å². The van der Waals surface area contributed by atoms with Crippen molar-refractivity contribution in [3.63, 3.8) is 0 Å². The van der Waals surface area contributed by atoms with Gasteiger partial charge in [-0.15, -0.1) is 0 Å². The molecule has 1 amide bonds. The second-order valence-corrected chi connectivity index (χ2v) is 7.99. The van der Waals surface area contributed by atoms with Gasteiger partial charge in [0.2, 0.25) is 5.91 Å². The highest BCUT2D eigenvalue weighted by Crippen LogP contribution is 2.32. The number of carbonyl (C=O) groups is 1. The molecule has 0 unspecified atom stereocenters. The summed E-state index contributed by atoms with van der Waals surface area (Å²) in [6.45, 7) is 10.6. The number of anilines is 1. The Morgan fingerprint density at radius 1 is 1.00 bits per heavy atom. The Balaban J connectivity index is 2.31. The molecule has 0 bridgehead atoms. The number of halogens is 1. The van der Waals surface area contributed by atoms with Crippen molar-refractivity contribution in [3.05, 3.63) is 64.7 Å². The van der Waals surface area contributed by atoms with E-state index in [2.05, 4.69) is 46.0 Å². The number of hydrogen-bond acceptors (Lipinski definition) is 1. The summed E-state index contributed by atoms with van der Waals surface area (Å²) in [5.41, 5.74) is 2.98. The van der Waals surface area contributed by atoms with Crippen LogP contribution in [-0.4, -0.2) is 5.91 Å². The van der Waals surface area contributed by atoms with Crippen LogP contribution in [0.15, 0.2) is 48.5 Å². The third-order valence-electron chi connectivity index (χ3n) is 4.17. The van der Waals surface area contributed by atoms with Crippen LogP contribution in [0.4, 0.5) is 5.69 Å². The lowest BCUT2D eigenvalue weighted by Crippen LogP contribution is -2.26. The van der Waals surface area contributed by atoms with Gasteiger partial charge < -0.3 is 5.32 Å². The molecule has 0 saturated carbocycles. The molecular weight excluding hydrogens is 318 g/mol. The Hall–Kier alpha value is -1.80. The molecule has 0 fully saturated rings. The van der Waals surface area contributed by atoms with Crippen molar-refractivity contribution in [2.75, 3.05) is 5.32 Å². The van der Waals surface area contributed by atoms with Crippen molar-refractivity contribution >= 4 is 23.2 Å². The van der Waals surface area contributed by atoms with Crippen LogP contribution in [0.2, 0.25) is 5.02 Å². The van der Waals surface area contributed by atoms with Gasteiger partial charge in [-0.05, 0) is 40.7 Å². The normalized spacial score (nSPS) is 13.0. The highest BCUT2D eigenvalue weighted by atomic mass is 35.5. The van der Waals surface area contributed by atoms with Crippen molar-refractivity contribution in [2.45, 2.75) is 46.0 Å². The molecular formula is C21H26ClNO. The second kappa shape index (κ2) is 7.40. The largest absolute Gasteiger partial charge is 0.325 e. The summed E-state index contributed by atoms with van der Waals surface area (Å²) in [4.78, 5) is 13.0. The smallest absolute Gasteiger partial charge is 0.232 e. The van der Waals surface area contributed by atoms with Crippen LogP contribution in [0.25, 0.3) is 0 Å². The van der Waals surface area contributed by atoms with E-state index >= 15 is 0 Å². The summed E-state index contributed by atoms with van der Waals surface area (Å²) >= 11 is 5.98. The first-order valence-electron chi connectivity index (χ1n) is 8.36. The average molecular weight is 344 g/mol. The zero-order valence-corrected chi connectivity index (χ0v) is 15.8. The summed E-state index contributed by atoms with van der Waals surface area (Å²) in [7, 11) is 0. The number of amides is 1. The van der Waals surface area contributed by atoms with Crippen LogP contribution in [0, 0.1) is 5.92 Å².